The van der Waals surface area contributed by atoms with Crippen LogP contribution in [0.15, 0.2) is 60.8 Å². The number of halogens is 1. The number of fused-ring (bicyclic) bond motifs is 2. The van der Waals surface area contributed by atoms with Crippen LogP contribution < -0.4 is 0 Å². The Morgan fingerprint density at radius 3 is 2.45 bits per heavy atom. The molecule has 0 bridgehead atoms. The Kier molecular flexibility index (Phi) is 3.08. The second kappa shape index (κ2) is 4.90. The van der Waals surface area contributed by atoms with Crippen LogP contribution >= 0.6 is 12.4 Å². The summed E-state index contributed by atoms with van der Waals surface area (Å²) in [6, 6.07) is 17.9. The van der Waals surface area contributed by atoms with Crippen molar-refractivity contribution in [3.05, 3.63) is 60.8 Å². The highest BCUT2D eigenvalue weighted by molar-refractivity contribution is 5.89. The van der Waals surface area contributed by atoms with Crippen LogP contribution in [-0.4, -0.2) is 20.0 Å². The largest absolute Gasteiger partial charge is 0.256 e. The van der Waals surface area contributed by atoms with Crippen molar-refractivity contribution in [1.82, 2.24) is 20.0 Å². The summed E-state index contributed by atoms with van der Waals surface area (Å²) in [5, 5.41) is 9.52. The molecule has 0 aliphatic carbocycles. The summed E-state index contributed by atoms with van der Waals surface area (Å²) < 4.78 is 1.86. The van der Waals surface area contributed by atoms with E-state index < -0.39 is 0 Å². The molecule has 0 aliphatic rings. The quantitative estimate of drug-likeness (QED) is 0.537. The van der Waals surface area contributed by atoms with Crippen molar-refractivity contribution >= 4 is 34.3 Å². The summed E-state index contributed by atoms with van der Waals surface area (Å²) in [7, 11) is 0. The maximum atomic E-state index is 4.37. The predicted molar refractivity (Wildman–Crippen MR) is 81.4 cm³/mol. The standard InChI is InChI=1S/C15H10N4.ClH/c1-2-6-12-11(5-1)14(9-10-16-12)19-15-8-4-3-7-13(15)17-18-19;/h1-10H;1H. The highest BCUT2D eigenvalue weighted by Crippen LogP contribution is 2.22. The predicted octanol–water partition coefficient (Wildman–Crippen LogP) is 3.39. The number of benzene rings is 2. The van der Waals surface area contributed by atoms with Crippen molar-refractivity contribution in [2.75, 3.05) is 0 Å². The van der Waals surface area contributed by atoms with Crippen LogP contribution in [-0.2, 0) is 0 Å². The van der Waals surface area contributed by atoms with Gasteiger partial charge in [-0.2, -0.15) is 0 Å². The third-order valence-corrected chi connectivity index (χ3v) is 3.21. The Balaban J connectivity index is 0.00000121. The third-order valence-electron chi connectivity index (χ3n) is 3.21. The Labute approximate surface area is 121 Å². The van der Waals surface area contributed by atoms with E-state index in [9.17, 15) is 0 Å². The molecule has 0 N–H and O–H groups in total. The van der Waals surface area contributed by atoms with Crippen molar-refractivity contribution in [2.24, 2.45) is 0 Å². The van der Waals surface area contributed by atoms with E-state index >= 15 is 0 Å². The van der Waals surface area contributed by atoms with E-state index in [4.69, 9.17) is 0 Å². The molecule has 98 valence electrons. The Hall–Kier alpha value is -2.46. The van der Waals surface area contributed by atoms with Crippen LogP contribution in [0, 0.1) is 0 Å². The van der Waals surface area contributed by atoms with Gasteiger partial charge in [0.1, 0.15) is 5.52 Å². The van der Waals surface area contributed by atoms with E-state index in [1.165, 1.54) is 0 Å². The molecule has 0 fully saturated rings. The number of aromatic nitrogens is 4. The van der Waals surface area contributed by atoms with Crippen LogP contribution in [0.5, 0.6) is 0 Å². The van der Waals surface area contributed by atoms with Crippen LogP contribution in [0.2, 0.25) is 0 Å². The molecule has 0 spiro atoms. The van der Waals surface area contributed by atoms with E-state index in [2.05, 4.69) is 15.3 Å². The first-order chi connectivity index (χ1) is 9.43. The van der Waals surface area contributed by atoms with E-state index in [1.54, 1.807) is 6.20 Å². The fraction of sp³-hybridized carbons (Fsp3) is 0. The van der Waals surface area contributed by atoms with Gasteiger partial charge in [-0.1, -0.05) is 35.5 Å². The first-order valence-electron chi connectivity index (χ1n) is 6.08. The summed E-state index contributed by atoms with van der Waals surface area (Å²) in [6.45, 7) is 0. The van der Waals surface area contributed by atoms with Gasteiger partial charge in [-0.25, -0.2) is 4.68 Å². The van der Waals surface area contributed by atoms with E-state index in [-0.39, 0.29) is 12.4 Å². The minimum Gasteiger partial charge on any atom is -0.256 e. The Morgan fingerprint density at radius 1 is 0.800 bits per heavy atom. The van der Waals surface area contributed by atoms with Gasteiger partial charge in [0, 0.05) is 11.6 Å². The van der Waals surface area contributed by atoms with Gasteiger partial charge in [-0.15, -0.1) is 17.5 Å². The Morgan fingerprint density at radius 2 is 1.55 bits per heavy atom. The van der Waals surface area contributed by atoms with Gasteiger partial charge >= 0.3 is 0 Å². The lowest BCUT2D eigenvalue weighted by Gasteiger charge is -2.05. The molecule has 2 aromatic heterocycles. The van der Waals surface area contributed by atoms with Gasteiger partial charge in [0.25, 0.3) is 0 Å². The average Bonchev–Trinajstić information content (AvgIpc) is 2.90. The first-order valence-corrected chi connectivity index (χ1v) is 6.08. The second-order valence-corrected chi connectivity index (χ2v) is 4.34. The summed E-state index contributed by atoms with van der Waals surface area (Å²) in [6.07, 6.45) is 1.80. The van der Waals surface area contributed by atoms with Crippen LogP contribution in [0.25, 0.3) is 27.6 Å². The van der Waals surface area contributed by atoms with Crippen LogP contribution in [0.4, 0.5) is 0 Å². The number of para-hydroxylation sites is 2. The zero-order valence-corrected chi connectivity index (χ0v) is 11.3. The van der Waals surface area contributed by atoms with Crippen LogP contribution in [0.3, 0.4) is 0 Å². The minimum absolute atomic E-state index is 0. The molecule has 2 heterocycles. The molecule has 4 nitrogen and oxygen atoms in total. The highest BCUT2D eigenvalue weighted by atomic mass is 35.5. The zero-order valence-electron chi connectivity index (χ0n) is 10.5. The third kappa shape index (κ3) is 1.82. The minimum atomic E-state index is 0. The van der Waals surface area contributed by atoms with Crippen molar-refractivity contribution in [1.29, 1.82) is 0 Å². The second-order valence-electron chi connectivity index (χ2n) is 4.34. The monoisotopic (exact) mass is 282 g/mol. The van der Waals surface area contributed by atoms with Gasteiger partial charge < -0.3 is 0 Å². The topological polar surface area (TPSA) is 43.6 Å². The molecular weight excluding hydrogens is 272 g/mol. The number of hydrogen-bond donors (Lipinski definition) is 0. The molecule has 0 atom stereocenters. The number of nitrogens with zero attached hydrogens (tertiary/aromatic N) is 4. The van der Waals surface area contributed by atoms with Gasteiger partial charge in [0.05, 0.1) is 16.7 Å². The van der Waals surface area contributed by atoms with Gasteiger partial charge in [-0.05, 0) is 24.3 Å². The smallest absolute Gasteiger partial charge is 0.113 e. The van der Waals surface area contributed by atoms with E-state index in [1.807, 2.05) is 59.3 Å². The van der Waals surface area contributed by atoms with Crippen molar-refractivity contribution in [2.45, 2.75) is 0 Å². The van der Waals surface area contributed by atoms with Crippen LogP contribution in [0.1, 0.15) is 0 Å². The first kappa shape index (κ1) is 12.6. The molecule has 4 aromatic rings. The molecule has 20 heavy (non-hydrogen) atoms. The molecule has 0 amide bonds. The molecule has 2 aromatic carbocycles. The highest BCUT2D eigenvalue weighted by Gasteiger charge is 2.08. The lowest BCUT2D eigenvalue weighted by molar-refractivity contribution is 0.828. The summed E-state index contributed by atoms with van der Waals surface area (Å²) in [4.78, 5) is 4.37. The molecule has 0 radical (unpaired) electrons. The molecule has 0 aliphatic heterocycles. The van der Waals surface area contributed by atoms with Gasteiger partial charge in [0.2, 0.25) is 0 Å². The fourth-order valence-electron chi connectivity index (χ4n) is 2.31. The maximum absolute atomic E-state index is 4.37. The number of hydrogen-bond acceptors (Lipinski definition) is 3. The van der Waals surface area contributed by atoms with Crippen molar-refractivity contribution in [3.8, 4) is 5.69 Å². The SMILES string of the molecule is Cl.c1ccc2c(-n3nnc4ccccc43)ccnc2c1. The summed E-state index contributed by atoms with van der Waals surface area (Å²) >= 11 is 0. The molecule has 4 rings (SSSR count). The number of rotatable bonds is 1. The lowest BCUT2D eigenvalue weighted by Crippen LogP contribution is -1.98. The van der Waals surface area contributed by atoms with E-state index in [0.29, 0.717) is 0 Å². The van der Waals surface area contributed by atoms with Gasteiger partial charge in [-0.3, -0.25) is 4.98 Å². The summed E-state index contributed by atoms with van der Waals surface area (Å²) in [5.74, 6) is 0. The maximum Gasteiger partial charge on any atom is 0.113 e. The zero-order chi connectivity index (χ0) is 12.7. The molecule has 0 saturated carbocycles. The number of pyridine rings is 1. The molecule has 5 heteroatoms. The normalized spacial score (nSPS) is 10.6. The molecule has 0 unspecified atom stereocenters. The van der Waals surface area contributed by atoms with E-state index in [0.717, 1.165) is 27.6 Å². The average molecular weight is 283 g/mol. The molecule has 0 saturated heterocycles. The van der Waals surface area contributed by atoms with Crippen molar-refractivity contribution in [3.63, 3.8) is 0 Å². The van der Waals surface area contributed by atoms with Crippen molar-refractivity contribution < 1.29 is 0 Å². The van der Waals surface area contributed by atoms with Gasteiger partial charge in [0.15, 0.2) is 0 Å². The summed E-state index contributed by atoms with van der Waals surface area (Å²) in [5.41, 5.74) is 3.85. The molecular formula is C15H11ClN4. The lowest BCUT2D eigenvalue weighted by atomic mass is 10.2. The fourth-order valence-corrected chi connectivity index (χ4v) is 2.31. The Bertz CT molecular complexity index is 880.